The van der Waals surface area contributed by atoms with Crippen molar-refractivity contribution in [3.63, 3.8) is 0 Å². The standard InChI is InChI=1S/C25H21N5O3S/c1-14-12-20(21-13-34-24(26-21)16-8-10-17(31)11-9-16)15(2)30(14)28-23(32)22-18-6-4-5-7-19(18)25(33)29(3)27-22/h4-13,31H,1-3H3,(H,28,32). The van der Waals surface area contributed by atoms with E-state index >= 15 is 0 Å². The smallest absolute Gasteiger partial charge is 0.291 e. The highest BCUT2D eigenvalue weighted by molar-refractivity contribution is 7.13. The molecular formula is C25H21N5O3S. The highest BCUT2D eigenvalue weighted by Crippen LogP contribution is 2.32. The first-order chi connectivity index (χ1) is 16.3. The van der Waals surface area contributed by atoms with E-state index in [4.69, 9.17) is 4.98 Å². The van der Waals surface area contributed by atoms with Gasteiger partial charge in [-0.25, -0.2) is 9.67 Å². The van der Waals surface area contributed by atoms with Crippen molar-refractivity contribution in [3.8, 4) is 27.6 Å². The topological polar surface area (TPSA) is 102 Å². The Kier molecular flexibility index (Phi) is 5.25. The zero-order valence-corrected chi connectivity index (χ0v) is 19.6. The Labute approximate surface area is 198 Å². The molecule has 0 spiro atoms. The molecule has 0 aliphatic rings. The van der Waals surface area contributed by atoms with E-state index in [1.54, 1.807) is 41.1 Å². The van der Waals surface area contributed by atoms with Crippen LogP contribution in [0.1, 0.15) is 21.9 Å². The number of fused-ring (bicyclic) bond motifs is 1. The van der Waals surface area contributed by atoms with Crippen LogP contribution < -0.4 is 11.0 Å². The zero-order valence-electron chi connectivity index (χ0n) is 18.7. The summed E-state index contributed by atoms with van der Waals surface area (Å²) in [4.78, 5) is 30.4. The molecule has 3 heterocycles. The van der Waals surface area contributed by atoms with Gasteiger partial charge in [0.25, 0.3) is 11.5 Å². The van der Waals surface area contributed by atoms with E-state index in [1.807, 2.05) is 37.4 Å². The lowest BCUT2D eigenvalue weighted by Gasteiger charge is -2.13. The molecule has 0 saturated carbocycles. The number of nitrogens with one attached hydrogen (secondary N) is 1. The van der Waals surface area contributed by atoms with Crippen molar-refractivity contribution in [2.24, 2.45) is 7.05 Å². The number of carbonyl (C=O) groups excluding carboxylic acids is 1. The summed E-state index contributed by atoms with van der Waals surface area (Å²) in [6.07, 6.45) is 0. The molecule has 0 bridgehead atoms. The molecule has 170 valence electrons. The maximum Gasteiger partial charge on any atom is 0.291 e. The highest BCUT2D eigenvalue weighted by Gasteiger charge is 2.19. The fraction of sp³-hybridized carbons (Fsp3) is 0.120. The monoisotopic (exact) mass is 471 g/mol. The second-order valence-corrected chi connectivity index (χ2v) is 8.83. The maximum absolute atomic E-state index is 13.2. The van der Waals surface area contributed by atoms with E-state index in [-0.39, 0.29) is 17.0 Å². The molecule has 5 aromatic rings. The van der Waals surface area contributed by atoms with Gasteiger partial charge in [-0.15, -0.1) is 11.3 Å². The van der Waals surface area contributed by atoms with Crippen LogP contribution in [-0.2, 0) is 7.05 Å². The molecule has 8 nitrogen and oxygen atoms in total. The number of rotatable bonds is 4. The van der Waals surface area contributed by atoms with Crippen LogP contribution in [0, 0.1) is 13.8 Å². The number of thiazole rings is 1. The van der Waals surface area contributed by atoms with Crippen molar-refractivity contribution in [3.05, 3.63) is 87.4 Å². The average molecular weight is 472 g/mol. The number of carbonyl (C=O) groups is 1. The third kappa shape index (κ3) is 3.65. The third-order valence-electron chi connectivity index (χ3n) is 5.71. The summed E-state index contributed by atoms with van der Waals surface area (Å²) in [7, 11) is 1.53. The molecule has 34 heavy (non-hydrogen) atoms. The predicted molar refractivity (Wildman–Crippen MR) is 133 cm³/mol. The molecule has 0 saturated heterocycles. The van der Waals surface area contributed by atoms with E-state index < -0.39 is 5.91 Å². The third-order valence-corrected chi connectivity index (χ3v) is 6.60. The van der Waals surface area contributed by atoms with Gasteiger partial charge in [-0.2, -0.15) is 5.10 Å². The van der Waals surface area contributed by atoms with Gasteiger partial charge in [0.1, 0.15) is 10.8 Å². The minimum atomic E-state index is -0.414. The summed E-state index contributed by atoms with van der Waals surface area (Å²) in [6.45, 7) is 3.81. The largest absolute Gasteiger partial charge is 0.508 e. The van der Waals surface area contributed by atoms with Crippen molar-refractivity contribution in [2.75, 3.05) is 5.43 Å². The summed E-state index contributed by atoms with van der Waals surface area (Å²) in [6, 6.07) is 15.8. The Hall–Kier alpha value is -4.24. The number of aromatic hydroxyl groups is 1. The van der Waals surface area contributed by atoms with Gasteiger partial charge in [0.2, 0.25) is 0 Å². The summed E-state index contributed by atoms with van der Waals surface area (Å²) in [5.41, 5.74) is 7.11. The van der Waals surface area contributed by atoms with Gasteiger partial charge in [0.15, 0.2) is 5.69 Å². The van der Waals surface area contributed by atoms with Crippen LogP contribution in [0.5, 0.6) is 5.75 Å². The summed E-state index contributed by atoms with van der Waals surface area (Å²) in [5.74, 6) is -0.205. The lowest BCUT2D eigenvalue weighted by molar-refractivity contribution is 0.100. The van der Waals surface area contributed by atoms with Crippen LogP contribution in [0.3, 0.4) is 0 Å². The van der Waals surface area contributed by atoms with Crippen molar-refractivity contribution in [2.45, 2.75) is 13.8 Å². The van der Waals surface area contributed by atoms with Gasteiger partial charge in [-0.1, -0.05) is 18.2 Å². The highest BCUT2D eigenvalue weighted by atomic mass is 32.1. The fourth-order valence-electron chi connectivity index (χ4n) is 3.95. The SMILES string of the molecule is Cc1cc(-c2csc(-c3ccc(O)cc3)n2)c(C)n1NC(=O)c1nn(C)c(=O)c2ccccc12. The molecule has 0 radical (unpaired) electrons. The van der Waals surface area contributed by atoms with E-state index in [1.165, 1.54) is 23.1 Å². The Morgan fingerprint density at radius 3 is 2.50 bits per heavy atom. The zero-order chi connectivity index (χ0) is 24.0. The predicted octanol–water partition coefficient (Wildman–Crippen LogP) is 4.23. The van der Waals surface area contributed by atoms with Gasteiger partial charge in [0.05, 0.1) is 11.1 Å². The molecule has 0 fully saturated rings. The molecule has 1 amide bonds. The van der Waals surface area contributed by atoms with E-state index in [9.17, 15) is 14.7 Å². The molecule has 9 heteroatoms. The number of aryl methyl sites for hydroxylation is 2. The number of aromatic nitrogens is 4. The van der Waals surface area contributed by atoms with Crippen LogP contribution in [-0.4, -0.2) is 30.5 Å². The van der Waals surface area contributed by atoms with E-state index in [0.717, 1.165) is 33.2 Å². The molecule has 2 aromatic carbocycles. The lowest BCUT2D eigenvalue weighted by Crippen LogP contribution is -2.29. The number of phenols is 1. The van der Waals surface area contributed by atoms with Crippen molar-refractivity contribution >= 4 is 28.0 Å². The van der Waals surface area contributed by atoms with Crippen LogP contribution in [0.4, 0.5) is 0 Å². The fourth-order valence-corrected chi connectivity index (χ4v) is 4.78. The van der Waals surface area contributed by atoms with Crippen molar-refractivity contribution in [1.29, 1.82) is 0 Å². The van der Waals surface area contributed by atoms with E-state index in [0.29, 0.717) is 10.8 Å². The van der Waals surface area contributed by atoms with Crippen molar-refractivity contribution < 1.29 is 9.90 Å². The van der Waals surface area contributed by atoms with Crippen LogP contribution in [0.15, 0.2) is 64.8 Å². The molecule has 0 aliphatic heterocycles. The summed E-state index contributed by atoms with van der Waals surface area (Å²) < 4.78 is 2.89. The molecular weight excluding hydrogens is 450 g/mol. The first kappa shape index (κ1) is 21.6. The quantitative estimate of drug-likeness (QED) is 0.408. The number of benzene rings is 2. The van der Waals surface area contributed by atoms with Gasteiger partial charge >= 0.3 is 0 Å². The Bertz CT molecular complexity index is 1610. The van der Waals surface area contributed by atoms with E-state index in [2.05, 4.69) is 10.5 Å². The van der Waals surface area contributed by atoms with Gasteiger partial charge in [-0.05, 0) is 50.2 Å². The minimum Gasteiger partial charge on any atom is -0.508 e. The lowest BCUT2D eigenvalue weighted by atomic mass is 10.1. The van der Waals surface area contributed by atoms with Crippen LogP contribution in [0.2, 0.25) is 0 Å². The average Bonchev–Trinajstić information content (AvgIpc) is 3.42. The number of hydrogen-bond donors (Lipinski definition) is 2. The number of hydrogen-bond acceptors (Lipinski definition) is 6. The van der Waals surface area contributed by atoms with Gasteiger partial charge in [0, 0.05) is 40.3 Å². The second kappa shape index (κ2) is 8.27. The molecule has 3 aromatic heterocycles. The van der Waals surface area contributed by atoms with Gasteiger partial charge < -0.3 is 5.11 Å². The maximum atomic E-state index is 13.2. The van der Waals surface area contributed by atoms with Gasteiger partial charge in [-0.3, -0.25) is 19.7 Å². The number of phenolic OH excluding ortho intramolecular Hbond substituents is 1. The molecule has 2 N–H and O–H groups in total. The Morgan fingerprint density at radius 2 is 1.76 bits per heavy atom. The normalized spacial score (nSPS) is 11.1. The summed E-state index contributed by atoms with van der Waals surface area (Å²) >= 11 is 1.51. The van der Waals surface area contributed by atoms with Crippen LogP contribution in [0.25, 0.3) is 32.6 Å². The number of nitrogens with zero attached hydrogens (tertiary/aromatic N) is 4. The molecule has 0 aliphatic carbocycles. The Morgan fingerprint density at radius 1 is 1.06 bits per heavy atom. The second-order valence-electron chi connectivity index (χ2n) is 7.97. The van der Waals surface area contributed by atoms with Crippen LogP contribution >= 0.6 is 11.3 Å². The number of amides is 1. The molecule has 5 rings (SSSR count). The molecule has 0 unspecified atom stereocenters. The molecule has 0 atom stereocenters. The Balaban J connectivity index is 1.49. The first-order valence-corrected chi connectivity index (χ1v) is 11.4. The minimum absolute atomic E-state index is 0.176. The summed E-state index contributed by atoms with van der Waals surface area (Å²) in [5, 5.41) is 17.5. The first-order valence-electron chi connectivity index (χ1n) is 10.5. The van der Waals surface area contributed by atoms with Crippen molar-refractivity contribution in [1.82, 2.24) is 19.4 Å².